The number of halogens is 1. The Bertz CT molecular complexity index is 368. The van der Waals surface area contributed by atoms with Gasteiger partial charge in [-0.2, -0.15) is 0 Å². The third-order valence-corrected chi connectivity index (χ3v) is 2.56. The summed E-state index contributed by atoms with van der Waals surface area (Å²) in [4.78, 5) is 11.2. The standard InChI is InChI=1S/C11H14BrNO3/c1-2-13-10(15)7-16-11-8(6-14)4-3-5-9(11)12/h3-5,14H,2,6-7H2,1H3,(H,13,15). The zero-order chi connectivity index (χ0) is 12.0. The summed E-state index contributed by atoms with van der Waals surface area (Å²) >= 11 is 3.31. The largest absolute Gasteiger partial charge is 0.482 e. The maximum atomic E-state index is 11.2. The molecule has 0 aliphatic rings. The van der Waals surface area contributed by atoms with Crippen molar-refractivity contribution in [3.05, 3.63) is 28.2 Å². The minimum absolute atomic E-state index is 0.0521. The molecular weight excluding hydrogens is 274 g/mol. The minimum Gasteiger partial charge on any atom is -0.482 e. The summed E-state index contributed by atoms with van der Waals surface area (Å²) in [5.41, 5.74) is 0.652. The Morgan fingerprint density at radius 1 is 1.56 bits per heavy atom. The van der Waals surface area contributed by atoms with Crippen molar-refractivity contribution < 1.29 is 14.6 Å². The van der Waals surface area contributed by atoms with E-state index in [4.69, 9.17) is 9.84 Å². The SMILES string of the molecule is CCNC(=O)COc1c(Br)cccc1CO. The van der Waals surface area contributed by atoms with E-state index in [1.165, 1.54) is 0 Å². The average molecular weight is 288 g/mol. The summed E-state index contributed by atoms with van der Waals surface area (Å²) in [6.07, 6.45) is 0. The molecule has 0 aliphatic heterocycles. The average Bonchev–Trinajstić information content (AvgIpc) is 2.27. The van der Waals surface area contributed by atoms with Gasteiger partial charge in [0.2, 0.25) is 0 Å². The number of likely N-dealkylation sites (N-methyl/N-ethyl adjacent to an activating group) is 1. The molecule has 1 aromatic rings. The molecule has 0 atom stereocenters. The van der Waals surface area contributed by atoms with E-state index < -0.39 is 0 Å². The van der Waals surface area contributed by atoms with Gasteiger partial charge in [0.05, 0.1) is 11.1 Å². The zero-order valence-electron chi connectivity index (χ0n) is 9.00. The van der Waals surface area contributed by atoms with Crippen LogP contribution in [0, 0.1) is 0 Å². The van der Waals surface area contributed by atoms with Crippen molar-refractivity contribution >= 4 is 21.8 Å². The summed E-state index contributed by atoms with van der Waals surface area (Å²) in [7, 11) is 0. The summed E-state index contributed by atoms with van der Waals surface area (Å²) in [6, 6.07) is 5.35. The van der Waals surface area contributed by atoms with Crippen LogP contribution < -0.4 is 10.1 Å². The Morgan fingerprint density at radius 3 is 2.94 bits per heavy atom. The second kappa shape index (κ2) is 6.50. The number of hydrogen-bond acceptors (Lipinski definition) is 3. The van der Waals surface area contributed by atoms with Gasteiger partial charge in [0.25, 0.3) is 5.91 Å². The van der Waals surface area contributed by atoms with Crippen LogP contribution in [-0.4, -0.2) is 24.2 Å². The minimum atomic E-state index is -0.179. The van der Waals surface area contributed by atoms with Crippen LogP contribution in [0.3, 0.4) is 0 Å². The summed E-state index contributed by atoms with van der Waals surface area (Å²) in [5.74, 6) is 0.332. The lowest BCUT2D eigenvalue weighted by atomic mass is 10.2. The molecular formula is C11H14BrNO3. The van der Waals surface area contributed by atoms with Crippen LogP contribution in [0.5, 0.6) is 5.75 Å². The first-order valence-electron chi connectivity index (χ1n) is 4.96. The van der Waals surface area contributed by atoms with Crippen LogP contribution in [0.2, 0.25) is 0 Å². The predicted octanol–water partition coefficient (Wildman–Crippen LogP) is 1.46. The molecule has 0 saturated carbocycles. The third-order valence-electron chi connectivity index (χ3n) is 1.94. The van der Waals surface area contributed by atoms with E-state index in [0.29, 0.717) is 17.9 Å². The molecule has 0 spiro atoms. The molecule has 0 radical (unpaired) electrons. The van der Waals surface area contributed by atoms with Gasteiger partial charge in [0.15, 0.2) is 6.61 Å². The maximum absolute atomic E-state index is 11.2. The van der Waals surface area contributed by atoms with E-state index in [1.807, 2.05) is 6.92 Å². The van der Waals surface area contributed by atoms with Crippen LogP contribution in [0.4, 0.5) is 0 Å². The lowest BCUT2D eigenvalue weighted by Crippen LogP contribution is -2.28. The first-order chi connectivity index (χ1) is 7.69. The second-order valence-corrected chi connectivity index (χ2v) is 3.98. The van der Waals surface area contributed by atoms with Gasteiger partial charge in [-0.15, -0.1) is 0 Å². The van der Waals surface area contributed by atoms with Crippen LogP contribution in [0.15, 0.2) is 22.7 Å². The van der Waals surface area contributed by atoms with Gasteiger partial charge in [-0.25, -0.2) is 0 Å². The summed E-state index contributed by atoms with van der Waals surface area (Å²) in [5, 5.41) is 11.7. The number of ether oxygens (including phenoxy) is 1. The summed E-state index contributed by atoms with van der Waals surface area (Å²) in [6.45, 7) is 2.24. The normalized spacial score (nSPS) is 9.94. The van der Waals surface area contributed by atoms with E-state index >= 15 is 0 Å². The highest BCUT2D eigenvalue weighted by Crippen LogP contribution is 2.28. The Balaban J connectivity index is 2.69. The quantitative estimate of drug-likeness (QED) is 0.862. The second-order valence-electron chi connectivity index (χ2n) is 3.13. The number of rotatable bonds is 5. The van der Waals surface area contributed by atoms with Gasteiger partial charge in [-0.05, 0) is 28.9 Å². The van der Waals surface area contributed by atoms with E-state index in [2.05, 4.69) is 21.2 Å². The van der Waals surface area contributed by atoms with Gasteiger partial charge in [-0.3, -0.25) is 4.79 Å². The Morgan fingerprint density at radius 2 is 2.31 bits per heavy atom. The molecule has 0 saturated heterocycles. The fourth-order valence-electron chi connectivity index (χ4n) is 1.23. The van der Waals surface area contributed by atoms with Gasteiger partial charge in [-0.1, -0.05) is 12.1 Å². The van der Waals surface area contributed by atoms with Gasteiger partial charge in [0, 0.05) is 12.1 Å². The Hall–Kier alpha value is -1.07. The highest BCUT2D eigenvalue weighted by Gasteiger charge is 2.09. The van der Waals surface area contributed by atoms with Crippen molar-refractivity contribution in [1.29, 1.82) is 0 Å². The molecule has 1 aromatic carbocycles. The number of carbonyl (C=O) groups excluding carboxylic acids is 1. The van der Waals surface area contributed by atoms with Crippen LogP contribution in [0.1, 0.15) is 12.5 Å². The molecule has 0 aliphatic carbocycles. The molecule has 1 rings (SSSR count). The van der Waals surface area contributed by atoms with Crippen LogP contribution in [-0.2, 0) is 11.4 Å². The smallest absolute Gasteiger partial charge is 0.257 e. The van der Waals surface area contributed by atoms with Crippen LogP contribution in [0.25, 0.3) is 0 Å². The highest BCUT2D eigenvalue weighted by atomic mass is 79.9. The molecule has 0 aromatic heterocycles. The lowest BCUT2D eigenvalue weighted by molar-refractivity contribution is -0.123. The molecule has 0 heterocycles. The van der Waals surface area contributed by atoms with Crippen molar-refractivity contribution in [1.82, 2.24) is 5.32 Å². The van der Waals surface area contributed by atoms with Gasteiger partial charge >= 0.3 is 0 Å². The monoisotopic (exact) mass is 287 g/mol. The highest BCUT2D eigenvalue weighted by molar-refractivity contribution is 9.10. The van der Waals surface area contributed by atoms with Crippen molar-refractivity contribution in [2.45, 2.75) is 13.5 Å². The summed E-state index contributed by atoms with van der Waals surface area (Å²) < 4.78 is 6.08. The third kappa shape index (κ3) is 3.50. The Kier molecular flexibility index (Phi) is 5.28. The van der Waals surface area contributed by atoms with Gasteiger partial charge < -0.3 is 15.2 Å². The maximum Gasteiger partial charge on any atom is 0.257 e. The molecule has 0 fully saturated rings. The number of benzene rings is 1. The number of amides is 1. The van der Waals surface area contributed by atoms with E-state index in [1.54, 1.807) is 18.2 Å². The van der Waals surface area contributed by atoms with E-state index in [-0.39, 0.29) is 19.1 Å². The van der Waals surface area contributed by atoms with Crippen molar-refractivity contribution in [3.8, 4) is 5.75 Å². The number of nitrogens with one attached hydrogen (secondary N) is 1. The molecule has 0 bridgehead atoms. The molecule has 5 heteroatoms. The van der Waals surface area contributed by atoms with Crippen molar-refractivity contribution in [2.75, 3.05) is 13.2 Å². The number of carbonyl (C=O) groups is 1. The lowest BCUT2D eigenvalue weighted by Gasteiger charge is -2.11. The van der Waals surface area contributed by atoms with Crippen molar-refractivity contribution in [2.24, 2.45) is 0 Å². The number of aliphatic hydroxyl groups excluding tert-OH is 1. The molecule has 4 nitrogen and oxygen atoms in total. The fraction of sp³-hybridized carbons (Fsp3) is 0.364. The Labute approximate surface area is 103 Å². The molecule has 0 unspecified atom stereocenters. The van der Waals surface area contributed by atoms with Gasteiger partial charge in [0.1, 0.15) is 5.75 Å². The van der Waals surface area contributed by atoms with E-state index in [0.717, 1.165) is 4.47 Å². The first kappa shape index (κ1) is 13.0. The molecule has 16 heavy (non-hydrogen) atoms. The topological polar surface area (TPSA) is 58.6 Å². The molecule has 2 N–H and O–H groups in total. The van der Waals surface area contributed by atoms with Crippen LogP contribution >= 0.6 is 15.9 Å². The first-order valence-corrected chi connectivity index (χ1v) is 5.76. The van der Waals surface area contributed by atoms with Crippen molar-refractivity contribution in [3.63, 3.8) is 0 Å². The zero-order valence-corrected chi connectivity index (χ0v) is 10.6. The molecule has 1 amide bonds. The fourth-order valence-corrected chi connectivity index (χ4v) is 1.75. The number of hydrogen-bond donors (Lipinski definition) is 2. The molecule has 88 valence electrons. The predicted molar refractivity (Wildman–Crippen MR) is 64.2 cm³/mol. The van der Waals surface area contributed by atoms with E-state index in [9.17, 15) is 4.79 Å². The number of aliphatic hydroxyl groups is 1. The number of para-hydroxylation sites is 1.